The first kappa shape index (κ1) is 19.1. The summed E-state index contributed by atoms with van der Waals surface area (Å²) in [5, 5.41) is 6.45. The third-order valence-corrected chi connectivity index (χ3v) is 4.09. The molecule has 0 aliphatic heterocycles. The second kappa shape index (κ2) is 8.20. The van der Waals surface area contributed by atoms with Gasteiger partial charge in [0.25, 0.3) is 5.91 Å². The number of rotatable bonds is 6. The normalized spacial score (nSPS) is 11.2. The Balaban J connectivity index is 1.96. The summed E-state index contributed by atoms with van der Waals surface area (Å²) in [6, 6.07) is 9.08. The average Bonchev–Trinajstić information content (AvgIpc) is 2.95. The smallest absolute Gasteiger partial charge is 0.325 e. The molecule has 0 saturated heterocycles. The van der Waals surface area contributed by atoms with Crippen LogP contribution in [-0.2, 0) is 15.3 Å². The van der Waals surface area contributed by atoms with E-state index in [4.69, 9.17) is 9.26 Å². The molecule has 134 valence electrons. The van der Waals surface area contributed by atoms with Crippen LogP contribution in [0.3, 0.4) is 0 Å². The number of nitrogens with zero attached hydrogens (tertiary/aromatic N) is 1. The van der Waals surface area contributed by atoms with E-state index in [1.165, 1.54) is 11.8 Å². The average molecular weight is 362 g/mol. The third-order valence-electron chi connectivity index (χ3n) is 2.99. The lowest BCUT2D eigenvalue weighted by Gasteiger charge is -2.19. The molecule has 0 spiro atoms. The van der Waals surface area contributed by atoms with E-state index in [1.807, 2.05) is 25.1 Å². The van der Waals surface area contributed by atoms with E-state index in [0.29, 0.717) is 11.3 Å². The van der Waals surface area contributed by atoms with E-state index in [9.17, 15) is 9.59 Å². The van der Waals surface area contributed by atoms with E-state index >= 15 is 0 Å². The van der Waals surface area contributed by atoms with Crippen LogP contribution in [0, 0.1) is 6.92 Å². The van der Waals surface area contributed by atoms with E-state index in [0.717, 1.165) is 16.3 Å². The minimum atomic E-state index is -0.579. The molecule has 1 aromatic heterocycles. The van der Waals surface area contributed by atoms with Crippen molar-refractivity contribution in [2.75, 3.05) is 6.54 Å². The number of aryl methyl sites for hydroxylation is 1. The fourth-order valence-corrected chi connectivity index (χ4v) is 2.96. The maximum Gasteiger partial charge on any atom is 0.325 e. The summed E-state index contributed by atoms with van der Waals surface area (Å²) in [6.45, 7) is 7.03. The van der Waals surface area contributed by atoms with E-state index in [1.54, 1.807) is 32.9 Å². The number of carbonyl (C=O) groups excluding carboxylic acids is 2. The van der Waals surface area contributed by atoms with Gasteiger partial charge in [-0.2, -0.15) is 0 Å². The van der Waals surface area contributed by atoms with Gasteiger partial charge in [-0.15, -0.1) is 11.8 Å². The van der Waals surface area contributed by atoms with Crippen LogP contribution >= 0.6 is 11.8 Å². The lowest BCUT2D eigenvalue weighted by molar-refractivity contribution is -0.153. The lowest BCUT2D eigenvalue weighted by Crippen LogP contribution is -2.34. The number of thioether (sulfide) groups is 1. The molecule has 2 aromatic rings. The zero-order valence-corrected chi connectivity index (χ0v) is 15.6. The highest BCUT2D eigenvalue weighted by molar-refractivity contribution is 7.98. The summed E-state index contributed by atoms with van der Waals surface area (Å²) < 4.78 is 10.4. The molecule has 0 unspecified atom stereocenters. The fraction of sp³-hybridized carbons (Fsp3) is 0.389. The van der Waals surface area contributed by atoms with Gasteiger partial charge >= 0.3 is 5.97 Å². The molecule has 7 heteroatoms. The highest BCUT2D eigenvalue weighted by atomic mass is 32.2. The van der Waals surface area contributed by atoms with Crippen LogP contribution in [0.5, 0.6) is 0 Å². The number of hydrogen-bond acceptors (Lipinski definition) is 6. The molecule has 0 saturated carbocycles. The van der Waals surface area contributed by atoms with Crippen molar-refractivity contribution in [3.63, 3.8) is 0 Å². The number of benzene rings is 1. The maximum atomic E-state index is 12.4. The standard InChI is InChI=1S/C18H22N2O4S/c1-12-9-13(24-20-12)11-25-15-8-6-5-7-14(15)17(22)19-10-16(21)23-18(2,3)4/h5-9H,10-11H2,1-4H3,(H,19,22). The number of aromatic nitrogens is 1. The second-order valence-electron chi connectivity index (χ2n) is 6.49. The summed E-state index contributed by atoms with van der Waals surface area (Å²) >= 11 is 1.48. The van der Waals surface area contributed by atoms with Crippen molar-refractivity contribution in [2.45, 2.75) is 43.9 Å². The summed E-state index contributed by atoms with van der Waals surface area (Å²) in [4.78, 5) is 24.9. The van der Waals surface area contributed by atoms with Gasteiger partial charge in [0.2, 0.25) is 0 Å². The van der Waals surface area contributed by atoms with E-state index < -0.39 is 11.6 Å². The van der Waals surface area contributed by atoms with Crippen molar-refractivity contribution in [3.8, 4) is 0 Å². The van der Waals surface area contributed by atoms with E-state index in [-0.39, 0.29) is 12.5 Å². The molecule has 0 fully saturated rings. The van der Waals surface area contributed by atoms with Crippen molar-refractivity contribution in [1.82, 2.24) is 10.5 Å². The monoisotopic (exact) mass is 362 g/mol. The predicted molar refractivity (Wildman–Crippen MR) is 95.4 cm³/mol. The van der Waals surface area contributed by atoms with E-state index in [2.05, 4.69) is 10.5 Å². The summed E-state index contributed by atoms with van der Waals surface area (Å²) in [5.41, 5.74) is 0.747. The van der Waals surface area contributed by atoms with Gasteiger partial charge in [-0.1, -0.05) is 17.3 Å². The zero-order valence-electron chi connectivity index (χ0n) is 14.8. The van der Waals surface area contributed by atoms with Crippen LogP contribution in [0.25, 0.3) is 0 Å². The first-order chi connectivity index (χ1) is 11.7. The topological polar surface area (TPSA) is 81.4 Å². The van der Waals surface area contributed by atoms with Gasteiger partial charge in [0.1, 0.15) is 17.9 Å². The molecule has 0 aliphatic carbocycles. The molecule has 0 radical (unpaired) electrons. The number of amides is 1. The molecule has 1 heterocycles. The van der Waals surface area contributed by atoms with Gasteiger partial charge in [-0.3, -0.25) is 9.59 Å². The second-order valence-corrected chi connectivity index (χ2v) is 7.51. The molecule has 0 atom stereocenters. The van der Waals surface area contributed by atoms with Gasteiger partial charge < -0.3 is 14.6 Å². The quantitative estimate of drug-likeness (QED) is 0.627. The molecule has 25 heavy (non-hydrogen) atoms. The Bertz CT molecular complexity index is 750. The van der Waals surface area contributed by atoms with Crippen LogP contribution in [0.4, 0.5) is 0 Å². The molecule has 1 amide bonds. The van der Waals surface area contributed by atoms with Crippen molar-refractivity contribution >= 4 is 23.6 Å². The van der Waals surface area contributed by atoms with Crippen molar-refractivity contribution in [3.05, 3.63) is 47.3 Å². The van der Waals surface area contributed by atoms with Gasteiger partial charge in [0.05, 0.1) is 17.0 Å². The number of hydrogen-bond donors (Lipinski definition) is 1. The minimum absolute atomic E-state index is 0.170. The minimum Gasteiger partial charge on any atom is -0.459 e. The van der Waals surface area contributed by atoms with Crippen LogP contribution in [-0.4, -0.2) is 29.2 Å². The van der Waals surface area contributed by atoms with Crippen LogP contribution in [0.15, 0.2) is 39.8 Å². The molecule has 1 aromatic carbocycles. The number of esters is 1. The molecule has 0 aliphatic rings. The number of carbonyl (C=O) groups is 2. The Labute approximate surface area is 151 Å². The van der Waals surface area contributed by atoms with Crippen LogP contribution in [0.2, 0.25) is 0 Å². The predicted octanol–water partition coefficient (Wildman–Crippen LogP) is 3.35. The molecule has 0 bridgehead atoms. The highest BCUT2D eigenvalue weighted by Crippen LogP contribution is 2.26. The number of ether oxygens (including phenoxy) is 1. The Morgan fingerprint density at radius 3 is 2.64 bits per heavy atom. The van der Waals surface area contributed by atoms with Gasteiger partial charge in [0, 0.05) is 11.0 Å². The first-order valence-corrected chi connectivity index (χ1v) is 8.87. The molecule has 6 nitrogen and oxygen atoms in total. The molecule has 1 N–H and O–H groups in total. The third kappa shape index (κ3) is 6.26. The molecular formula is C18H22N2O4S. The van der Waals surface area contributed by atoms with Crippen molar-refractivity contribution in [2.24, 2.45) is 0 Å². The summed E-state index contributed by atoms with van der Waals surface area (Å²) in [5.74, 6) is 0.522. The van der Waals surface area contributed by atoms with Crippen molar-refractivity contribution in [1.29, 1.82) is 0 Å². The molecule has 2 rings (SSSR count). The first-order valence-electron chi connectivity index (χ1n) is 7.88. The maximum absolute atomic E-state index is 12.4. The Hall–Kier alpha value is -2.28. The molecular weight excluding hydrogens is 340 g/mol. The Kier molecular flexibility index (Phi) is 6.25. The largest absolute Gasteiger partial charge is 0.459 e. The van der Waals surface area contributed by atoms with Gasteiger partial charge in [-0.05, 0) is 39.8 Å². The summed E-state index contributed by atoms with van der Waals surface area (Å²) in [6.07, 6.45) is 0. The SMILES string of the molecule is Cc1cc(CSc2ccccc2C(=O)NCC(=O)OC(C)(C)C)on1. The Morgan fingerprint density at radius 1 is 1.28 bits per heavy atom. The van der Waals surface area contributed by atoms with Crippen LogP contribution in [0.1, 0.15) is 42.6 Å². The van der Waals surface area contributed by atoms with Gasteiger partial charge in [-0.25, -0.2) is 0 Å². The van der Waals surface area contributed by atoms with Gasteiger partial charge in [0.15, 0.2) is 0 Å². The fourth-order valence-electron chi connectivity index (χ4n) is 2.04. The summed E-state index contributed by atoms with van der Waals surface area (Å²) in [7, 11) is 0. The zero-order chi connectivity index (χ0) is 18.4. The van der Waals surface area contributed by atoms with Crippen LogP contribution < -0.4 is 5.32 Å². The van der Waals surface area contributed by atoms with Crippen molar-refractivity contribution < 1.29 is 18.8 Å². The number of nitrogens with one attached hydrogen (secondary N) is 1. The lowest BCUT2D eigenvalue weighted by atomic mass is 10.2. The Morgan fingerprint density at radius 2 is 2.00 bits per heavy atom. The highest BCUT2D eigenvalue weighted by Gasteiger charge is 2.18.